The number of aromatic nitrogens is 1. The average Bonchev–Trinajstić information content (AvgIpc) is 2.94. The van der Waals surface area contributed by atoms with Crippen LogP contribution in [0.5, 0.6) is 5.75 Å². The topological polar surface area (TPSA) is 54.1 Å². The van der Waals surface area contributed by atoms with Crippen LogP contribution in [0.25, 0.3) is 22.2 Å². The smallest absolute Gasteiger partial charge is 0.216 e. The van der Waals surface area contributed by atoms with Crippen molar-refractivity contribution in [2.24, 2.45) is 0 Å². The van der Waals surface area contributed by atoms with Crippen molar-refractivity contribution in [3.05, 3.63) is 52.0 Å². The van der Waals surface area contributed by atoms with E-state index in [1.807, 2.05) is 24.3 Å². The van der Waals surface area contributed by atoms with Crippen LogP contribution in [0.3, 0.4) is 0 Å². The molecule has 130 valence electrons. The van der Waals surface area contributed by atoms with Gasteiger partial charge in [0, 0.05) is 40.0 Å². The number of halogens is 2. The molecule has 0 bridgehead atoms. The van der Waals surface area contributed by atoms with E-state index in [1.165, 1.54) is 6.92 Å². The van der Waals surface area contributed by atoms with E-state index >= 15 is 0 Å². The second kappa shape index (κ2) is 7.38. The summed E-state index contributed by atoms with van der Waals surface area (Å²) in [6, 6.07) is 11.2. The molecule has 1 heterocycles. The molecule has 3 rings (SSSR count). The van der Waals surface area contributed by atoms with Gasteiger partial charge >= 0.3 is 0 Å². The summed E-state index contributed by atoms with van der Waals surface area (Å²) < 4.78 is 5.35. The predicted molar refractivity (Wildman–Crippen MR) is 103 cm³/mol. The molecule has 2 aromatic carbocycles. The van der Waals surface area contributed by atoms with Crippen molar-refractivity contribution in [3.8, 4) is 17.0 Å². The number of fused-ring (bicyclic) bond motifs is 1. The number of H-pyrrole nitrogens is 1. The molecule has 0 fully saturated rings. The normalized spacial score (nSPS) is 10.9. The molecular formula is C19H18Cl2N2O2. The highest BCUT2D eigenvalue weighted by Gasteiger charge is 2.16. The molecule has 6 heteroatoms. The van der Waals surface area contributed by atoms with Crippen molar-refractivity contribution in [3.63, 3.8) is 0 Å². The van der Waals surface area contributed by atoms with Gasteiger partial charge in [-0.25, -0.2) is 0 Å². The van der Waals surface area contributed by atoms with Gasteiger partial charge in [-0.05, 0) is 48.4 Å². The number of carbonyl (C=O) groups is 1. The first-order chi connectivity index (χ1) is 12.0. The zero-order chi connectivity index (χ0) is 18.0. The van der Waals surface area contributed by atoms with E-state index in [0.29, 0.717) is 23.0 Å². The fraction of sp³-hybridized carbons (Fsp3) is 0.211. The maximum absolute atomic E-state index is 11.2. The van der Waals surface area contributed by atoms with Crippen LogP contribution in [0.1, 0.15) is 12.5 Å². The minimum atomic E-state index is -0.0558. The van der Waals surface area contributed by atoms with Crippen LogP contribution in [-0.2, 0) is 11.2 Å². The number of ether oxygens (including phenoxy) is 1. The van der Waals surface area contributed by atoms with Crippen LogP contribution < -0.4 is 10.1 Å². The van der Waals surface area contributed by atoms with Gasteiger partial charge in [0.2, 0.25) is 5.91 Å². The Kier molecular flexibility index (Phi) is 5.21. The summed E-state index contributed by atoms with van der Waals surface area (Å²) in [4.78, 5) is 14.6. The molecule has 0 spiro atoms. The van der Waals surface area contributed by atoms with Crippen molar-refractivity contribution in [1.82, 2.24) is 10.3 Å². The Labute approximate surface area is 156 Å². The molecule has 25 heavy (non-hydrogen) atoms. The van der Waals surface area contributed by atoms with E-state index < -0.39 is 0 Å². The highest BCUT2D eigenvalue weighted by atomic mass is 35.5. The summed E-state index contributed by atoms with van der Waals surface area (Å²) in [5, 5.41) is 5.11. The number of aromatic amines is 1. The minimum absolute atomic E-state index is 0.0558. The van der Waals surface area contributed by atoms with Crippen molar-refractivity contribution < 1.29 is 9.53 Å². The molecule has 0 saturated heterocycles. The summed E-state index contributed by atoms with van der Waals surface area (Å²) in [7, 11) is 1.64. The Morgan fingerprint density at radius 1 is 1.20 bits per heavy atom. The lowest BCUT2D eigenvalue weighted by Gasteiger charge is -2.08. The molecule has 0 unspecified atom stereocenters. The number of hydrogen-bond acceptors (Lipinski definition) is 2. The summed E-state index contributed by atoms with van der Waals surface area (Å²) in [6.07, 6.45) is 0.658. The lowest BCUT2D eigenvalue weighted by atomic mass is 10.0. The lowest BCUT2D eigenvalue weighted by molar-refractivity contribution is -0.118. The number of nitrogens with one attached hydrogen (secondary N) is 2. The number of carbonyl (C=O) groups excluding carboxylic acids is 1. The maximum atomic E-state index is 11.2. The third-order valence-electron chi connectivity index (χ3n) is 4.06. The van der Waals surface area contributed by atoms with Gasteiger partial charge in [-0.2, -0.15) is 0 Å². The molecule has 3 aromatic rings. The Morgan fingerprint density at radius 2 is 2.00 bits per heavy atom. The average molecular weight is 377 g/mol. The van der Waals surface area contributed by atoms with Crippen LogP contribution in [0.2, 0.25) is 10.0 Å². The summed E-state index contributed by atoms with van der Waals surface area (Å²) in [6.45, 7) is 2.04. The number of rotatable bonds is 5. The second-order valence-corrected chi connectivity index (χ2v) is 6.59. The maximum Gasteiger partial charge on any atom is 0.216 e. The number of amides is 1. The highest BCUT2D eigenvalue weighted by molar-refractivity contribution is 6.35. The first-order valence-electron chi connectivity index (χ1n) is 7.88. The Hall–Kier alpha value is -2.17. The third-order valence-corrected chi connectivity index (χ3v) is 4.62. The minimum Gasteiger partial charge on any atom is -0.497 e. The molecular weight excluding hydrogens is 359 g/mol. The van der Waals surface area contributed by atoms with E-state index in [1.54, 1.807) is 19.2 Å². The standard InChI is InChI=1S/C19H18Cl2N2O2/c1-11(24)22-8-7-14-15-10-13(25-2)4-6-18(15)23-19(14)16-9-12(20)3-5-17(16)21/h3-6,9-10,23H,7-8H2,1-2H3,(H,22,24). The van der Waals surface area contributed by atoms with Gasteiger partial charge in [-0.3, -0.25) is 4.79 Å². The molecule has 0 saturated carbocycles. The molecule has 0 aliphatic heterocycles. The Balaban J connectivity index is 2.15. The first kappa shape index (κ1) is 17.6. The highest BCUT2D eigenvalue weighted by Crippen LogP contribution is 2.37. The van der Waals surface area contributed by atoms with Crippen molar-refractivity contribution in [2.75, 3.05) is 13.7 Å². The van der Waals surface area contributed by atoms with Gasteiger partial charge in [0.1, 0.15) is 5.75 Å². The van der Waals surface area contributed by atoms with Crippen LogP contribution in [0, 0.1) is 0 Å². The Morgan fingerprint density at radius 3 is 2.72 bits per heavy atom. The van der Waals surface area contributed by atoms with Crippen LogP contribution >= 0.6 is 23.2 Å². The molecule has 0 aliphatic carbocycles. The molecule has 0 aliphatic rings. The molecule has 1 amide bonds. The van der Waals surface area contributed by atoms with Gasteiger partial charge < -0.3 is 15.0 Å². The van der Waals surface area contributed by atoms with E-state index in [-0.39, 0.29) is 5.91 Å². The molecule has 0 radical (unpaired) electrons. The van der Waals surface area contributed by atoms with E-state index in [4.69, 9.17) is 27.9 Å². The van der Waals surface area contributed by atoms with Crippen molar-refractivity contribution in [2.45, 2.75) is 13.3 Å². The largest absolute Gasteiger partial charge is 0.497 e. The number of methoxy groups -OCH3 is 1. The monoisotopic (exact) mass is 376 g/mol. The molecule has 4 nitrogen and oxygen atoms in total. The molecule has 2 N–H and O–H groups in total. The van der Waals surface area contributed by atoms with Crippen LogP contribution in [-0.4, -0.2) is 24.5 Å². The fourth-order valence-corrected chi connectivity index (χ4v) is 3.28. The van der Waals surface area contributed by atoms with E-state index in [0.717, 1.165) is 33.5 Å². The number of benzene rings is 2. The van der Waals surface area contributed by atoms with Crippen molar-refractivity contribution in [1.29, 1.82) is 0 Å². The Bertz CT molecular complexity index is 935. The summed E-state index contributed by atoms with van der Waals surface area (Å²) in [5.74, 6) is 0.718. The zero-order valence-corrected chi connectivity index (χ0v) is 15.5. The molecule has 1 aromatic heterocycles. The van der Waals surface area contributed by atoms with Gasteiger partial charge in [-0.1, -0.05) is 23.2 Å². The zero-order valence-electron chi connectivity index (χ0n) is 14.0. The van der Waals surface area contributed by atoms with Gasteiger partial charge in [-0.15, -0.1) is 0 Å². The van der Waals surface area contributed by atoms with Crippen LogP contribution in [0.4, 0.5) is 0 Å². The SMILES string of the molecule is COc1ccc2[nH]c(-c3cc(Cl)ccc3Cl)c(CCNC(C)=O)c2c1. The summed E-state index contributed by atoms with van der Waals surface area (Å²) >= 11 is 12.6. The van der Waals surface area contributed by atoms with Gasteiger partial charge in [0.25, 0.3) is 0 Å². The van der Waals surface area contributed by atoms with Gasteiger partial charge in [0.05, 0.1) is 12.8 Å². The van der Waals surface area contributed by atoms with E-state index in [2.05, 4.69) is 10.3 Å². The summed E-state index contributed by atoms with van der Waals surface area (Å²) in [5.41, 5.74) is 3.78. The predicted octanol–water partition coefficient (Wildman–Crippen LogP) is 4.83. The first-order valence-corrected chi connectivity index (χ1v) is 8.63. The van der Waals surface area contributed by atoms with Crippen LogP contribution in [0.15, 0.2) is 36.4 Å². The quantitative estimate of drug-likeness (QED) is 0.669. The second-order valence-electron chi connectivity index (χ2n) is 5.75. The fourth-order valence-electron chi connectivity index (χ4n) is 2.90. The van der Waals surface area contributed by atoms with Crippen molar-refractivity contribution >= 4 is 40.0 Å². The third kappa shape index (κ3) is 3.75. The number of hydrogen-bond donors (Lipinski definition) is 2. The van der Waals surface area contributed by atoms with E-state index in [9.17, 15) is 4.79 Å². The lowest BCUT2D eigenvalue weighted by Crippen LogP contribution is -2.22. The van der Waals surface area contributed by atoms with Gasteiger partial charge in [0.15, 0.2) is 0 Å². The molecule has 0 atom stereocenters.